The van der Waals surface area contributed by atoms with Gasteiger partial charge in [0.2, 0.25) is 0 Å². The van der Waals surface area contributed by atoms with Crippen LogP contribution in [0.1, 0.15) is 4.88 Å². The number of imidazole rings is 1. The lowest BCUT2D eigenvalue weighted by atomic mass is 10.3. The van der Waals surface area contributed by atoms with Crippen molar-refractivity contribution in [1.82, 2.24) is 9.55 Å². The van der Waals surface area contributed by atoms with Gasteiger partial charge in [-0.2, -0.15) is 0 Å². The van der Waals surface area contributed by atoms with Crippen molar-refractivity contribution in [3.63, 3.8) is 0 Å². The zero-order chi connectivity index (χ0) is 12.0. The first-order valence-electron chi connectivity index (χ1n) is 5.12. The van der Waals surface area contributed by atoms with E-state index >= 15 is 0 Å². The Kier molecular flexibility index (Phi) is 2.34. The first-order chi connectivity index (χ1) is 8.15. The monoisotopic (exact) mass is 264 g/mol. The Labute approximate surface area is 106 Å². The van der Waals surface area contributed by atoms with E-state index in [-0.39, 0.29) is 5.69 Å². The summed E-state index contributed by atoms with van der Waals surface area (Å²) in [7, 11) is 0. The van der Waals surface area contributed by atoms with Crippen LogP contribution in [-0.4, -0.2) is 9.55 Å². The molecule has 17 heavy (non-hydrogen) atoms. The molecule has 0 aliphatic carbocycles. The van der Waals surface area contributed by atoms with Gasteiger partial charge in [-0.1, -0.05) is 11.6 Å². The molecule has 0 fully saturated rings. The molecule has 3 aromatic rings. The molecule has 0 aliphatic heterocycles. The van der Waals surface area contributed by atoms with Crippen LogP contribution in [0.15, 0.2) is 35.1 Å². The summed E-state index contributed by atoms with van der Waals surface area (Å²) < 4.78 is 1.65. The number of aromatic nitrogens is 2. The maximum atomic E-state index is 11.9. The van der Waals surface area contributed by atoms with E-state index in [1.165, 1.54) is 4.88 Å². The fourth-order valence-electron chi connectivity index (χ4n) is 1.84. The third kappa shape index (κ3) is 1.69. The molecule has 2 heterocycles. The van der Waals surface area contributed by atoms with Crippen molar-refractivity contribution >= 4 is 34.0 Å². The highest BCUT2D eigenvalue weighted by Crippen LogP contribution is 2.24. The minimum atomic E-state index is -0.135. The number of fused-ring (bicyclic) bond motifs is 1. The van der Waals surface area contributed by atoms with E-state index in [2.05, 4.69) is 4.98 Å². The molecular weight excluding hydrogens is 256 g/mol. The number of rotatable bonds is 1. The van der Waals surface area contributed by atoms with Gasteiger partial charge in [0.1, 0.15) is 5.00 Å². The summed E-state index contributed by atoms with van der Waals surface area (Å²) in [5.41, 5.74) is 1.47. The number of nitrogens with one attached hydrogen (secondary N) is 1. The van der Waals surface area contributed by atoms with Gasteiger partial charge in [0.15, 0.2) is 0 Å². The number of H-pyrrole nitrogens is 1. The first kappa shape index (κ1) is 10.6. The van der Waals surface area contributed by atoms with Crippen LogP contribution < -0.4 is 5.69 Å². The Balaban J connectivity index is 2.39. The van der Waals surface area contributed by atoms with Crippen molar-refractivity contribution in [3.05, 3.63) is 50.7 Å². The highest BCUT2D eigenvalue weighted by Gasteiger charge is 2.10. The Bertz CT molecular complexity index is 753. The lowest BCUT2D eigenvalue weighted by Crippen LogP contribution is -2.13. The van der Waals surface area contributed by atoms with Crippen LogP contribution in [0, 0.1) is 6.92 Å². The van der Waals surface area contributed by atoms with Gasteiger partial charge in [0.25, 0.3) is 0 Å². The number of benzene rings is 1. The Morgan fingerprint density at radius 2 is 2.12 bits per heavy atom. The lowest BCUT2D eigenvalue weighted by molar-refractivity contribution is 1.04. The summed E-state index contributed by atoms with van der Waals surface area (Å²) in [6, 6.07) is 9.31. The minimum absolute atomic E-state index is 0.135. The minimum Gasteiger partial charge on any atom is -0.305 e. The van der Waals surface area contributed by atoms with Gasteiger partial charge in [0.05, 0.1) is 11.0 Å². The van der Waals surface area contributed by atoms with Crippen molar-refractivity contribution < 1.29 is 0 Å². The van der Waals surface area contributed by atoms with Crippen LogP contribution in [0.25, 0.3) is 16.0 Å². The van der Waals surface area contributed by atoms with E-state index in [0.717, 1.165) is 16.0 Å². The SMILES string of the molecule is Cc1ccc(-n2c(=O)[nH]c3ccc(Cl)cc32)s1. The molecule has 1 aromatic carbocycles. The van der Waals surface area contributed by atoms with Crippen LogP contribution in [0.3, 0.4) is 0 Å². The predicted octanol–water partition coefficient (Wildman–Crippen LogP) is 3.34. The molecule has 1 N–H and O–H groups in total. The van der Waals surface area contributed by atoms with E-state index in [1.54, 1.807) is 28.0 Å². The number of hydrogen-bond donors (Lipinski definition) is 1. The Morgan fingerprint density at radius 1 is 1.29 bits per heavy atom. The number of aromatic amines is 1. The maximum Gasteiger partial charge on any atom is 0.331 e. The molecule has 86 valence electrons. The number of nitrogens with zero attached hydrogens (tertiary/aromatic N) is 1. The average Bonchev–Trinajstić information content (AvgIpc) is 2.81. The maximum absolute atomic E-state index is 11.9. The van der Waals surface area contributed by atoms with Crippen LogP contribution in [0.5, 0.6) is 0 Å². The molecule has 0 saturated carbocycles. The number of hydrogen-bond acceptors (Lipinski definition) is 2. The van der Waals surface area contributed by atoms with Crippen LogP contribution in [0.2, 0.25) is 5.02 Å². The summed E-state index contributed by atoms with van der Waals surface area (Å²) in [6.45, 7) is 2.01. The molecule has 2 aromatic heterocycles. The molecule has 0 aliphatic rings. The van der Waals surface area contributed by atoms with Crippen molar-refractivity contribution in [2.45, 2.75) is 6.92 Å². The quantitative estimate of drug-likeness (QED) is 0.719. The largest absolute Gasteiger partial charge is 0.331 e. The first-order valence-corrected chi connectivity index (χ1v) is 6.32. The summed E-state index contributed by atoms with van der Waals surface area (Å²) in [5.74, 6) is 0. The topological polar surface area (TPSA) is 37.8 Å². The van der Waals surface area contributed by atoms with E-state index in [9.17, 15) is 4.79 Å². The summed E-state index contributed by atoms with van der Waals surface area (Å²) in [4.78, 5) is 15.9. The molecule has 0 radical (unpaired) electrons. The van der Waals surface area contributed by atoms with Crippen molar-refractivity contribution in [1.29, 1.82) is 0 Å². The van der Waals surface area contributed by atoms with E-state index in [4.69, 9.17) is 11.6 Å². The molecule has 0 unspecified atom stereocenters. The van der Waals surface area contributed by atoms with Crippen LogP contribution >= 0.6 is 22.9 Å². The molecule has 0 spiro atoms. The molecule has 5 heteroatoms. The van der Waals surface area contributed by atoms with Gasteiger partial charge in [-0.15, -0.1) is 11.3 Å². The second kappa shape index (κ2) is 3.75. The fraction of sp³-hybridized carbons (Fsp3) is 0.0833. The van der Waals surface area contributed by atoms with E-state index in [1.807, 2.05) is 25.1 Å². The highest BCUT2D eigenvalue weighted by atomic mass is 35.5. The number of thiophene rings is 1. The van der Waals surface area contributed by atoms with Gasteiger partial charge < -0.3 is 4.98 Å². The lowest BCUT2D eigenvalue weighted by Gasteiger charge is -1.99. The molecule has 3 nitrogen and oxygen atoms in total. The predicted molar refractivity (Wildman–Crippen MR) is 71.5 cm³/mol. The summed E-state index contributed by atoms with van der Waals surface area (Å²) >= 11 is 7.55. The van der Waals surface area contributed by atoms with Crippen molar-refractivity contribution in [2.75, 3.05) is 0 Å². The van der Waals surface area contributed by atoms with Crippen LogP contribution in [0.4, 0.5) is 0 Å². The summed E-state index contributed by atoms with van der Waals surface area (Å²) in [5, 5.41) is 1.53. The Hall–Kier alpha value is -1.52. The van der Waals surface area contributed by atoms with E-state index < -0.39 is 0 Å². The third-order valence-corrected chi connectivity index (χ3v) is 3.81. The Morgan fingerprint density at radius 3 is 2.82 bits per heavy atom. The zero-order valence-electron chi connectivity index (χ0n) is 9.03. The molecule has 3 rings (SSSR count). The fourth-order valence-corrected chi connectivity index (χ4v) is 2.88. The molecular formula is C12H9ClN2OS. The van der Waals surface area contributed by atoms with Gasteiger partial charge in [-0.05, 0) is 37.3 Å². The highest BCUT2D eigenvalue weighted by molar-refractivity contribution is 7.14. The molecule has 0 bridgehead atoms. The van der Waals surface area contributed by atoms with Gasteiger partial charge in [-0.3, -0.25) is 4.57 Å². The van der Waals surface area contributed by atoms with Crippen LogP contribution in [-0.2, 0) is 0 Å². The molecule has 0 amide bonds. The van der Waals surface area contributed by atoms with Gasteiger partial charge in [0, 0.05) is 9.90 Å². The van der Waals surface area contributed by atoms with Gasteiger partial charge in [-0.25, -0.2) is 4.79 Å². The van der Waals surface area contributed by atoms with Crippen molar-refractivity contribution in [3.8, 4) is 5.00 Å². The second-order valence-corrected chi connectivity index (χ2v) is 5.51. The number of aryl methyl sites for hydroxylation is 1. The standard InChI is InChI=1S/C12H9ClN2OS/c1-7-2-5-11(17-7)15-10-6-8(13)3-4-9(10)14-12(15)16/h2-6H,1H3,(H,14,16). The third-order valence-electron chi connectivity index (χ3n) is 2.59. The summed E-state index contributed by atoms with van der Waals surface area (Å²) in [6.07, 6.45) is 0. The normalized spacial score (nSPS) is 11.2. The zero-order valence-corrected chi connectivity index (χ0v) is 10.6. The smallest absolute Gasteiger partial charge is 0.305 e. The van der Waals surface area contributed by atoms with Gasteiger partial charge >= 0.3 is 5.69 Å². The molecule has 0 atom stereocenters. The molecule has 0 saturated heterocycles. The second-order valence-electron chi connectivity index (χ2n) is 3.81. The number of halogens is 1. The average molecular weight is 265 g/mol. The van der Waals surface area contributed by atoms with E-state index in [0.29, 0.717) is 5.02 Å². The van der Waals surface area contributed by atoms with Crippen molar-refractivity contribution in [2.24, 2.45) is 0 Å².